The van der Waals surface area contributed by atoms with Crippen molar-refractivity contribution in [2.75, 3.05) is 13.7 Å². The van der Waals surface area contributed by atoms with Gasteiger partial charge in [0.25, 0.3) is 0 Å². The average molecular weight is 199 g/mol. The zero-order chi connectivity index (χ0) is 10.1. The average Bonchev–Trinajstić information content (AvgIpc) is 2.59. The third-order valence-corrected chi connectivity index (χ3v) is 2.13. The number of hydrogen-bond acceptors (Lipinski definition) is 5. The van der Waals surface area contributed by atoms with Crippen LogP contribution >= 0.6 is 0 Å². The van der Waals surface area contributed by atoms with E-state index in [4.69, 9.17) is 19.1 Å². The molecule has 0 bridgehead atoms. The van der Waals surface area contributed by atoms with E-state index in [1.165, 1.54) is 7.11 Å². The molecule has 1 atom stereocenters. The highest BCUT2D eigenvalue weighted by molar-refractivity contribution is 5.76. The molecule has 6 heteroatoms. The lowest BCUT2D eigenvalue weighted by molar-refractivity contribution is -0.141. The Morgan fingerprint density at radius 2 is 2.50 bits per heavy atom. The Kier molecular flexibility index (Phi) is 2.12. The normalized spacial score (nSPS) is 20.2. The van der Waals surface area contributed by atoms with Gasteiger partial charge >= 0.3 is 11.9 Å². The monoisotopic (exact) mass is 199 g/mol. The largest absolute Gasteiger partial charge is 0.481 e. The first-order chi connectivity index (χ1) is 6.74. The highest BCUT2D eigenvalue weighted by atomic mass is 16.6. The molecule has 0 spiro atoms. The predicted molar refractivity (Wildman–Crippen MR) is 43.1 cm³/mol. The predicted octanol–water partition coefficient (Wildman–Crippen LogP) is 0.382. The third kappa shape index (κ3) is 1.24. The van der Waals surface area contributed by atoms with Gasteiger partial charge in [-0.3, -0.25) is 4.79 Å². The maximum Gasteiger partial charge on any atom is 0.316 e. The number of rotatable bonds is 2. The number of methoxy groups -OCH3 is 1. The van der Waals surface area contributed by atoms with Gasteiger partial charge in [-0.25, -0.2) is 0 Å². The van der Waals surface area contributed by atoms with Crippen LogP contribution < -0.4 is 4.74 Å². The summed E-state index contributed by atoms with van der Waals surface area (Å²) in [6.45, 7) is 0.407. The molecule has 0 aromatic carbocycles. The number of aliphatic carboxylic acids is 1. The SMILES string of the molecule is COc1onc2c1COCC2C(=O)O. The van der Waals surface area contributed by atoms with Gasteiger partial charge in [0.2, 0.25) is 0 Å². The quantitative estimate of drug-likeness (QED) is 0.741. The Bertz CT molecular complexity index is 359. The van der Waals surface area contributed by atoms with Crippen LogP contribution in [0.25, 0.3) is 0 Å². The van der Waals surface area contributed by atoms with Crippen molar-refractivity contribution in [3.63, 3.8) is 0 Å². The molecule has 1 N–H and O–H groups in total. The molecule has 0 fully saturated rings. The molecule has 0 radical (unpaired) electrons. The van der Waals surface area contributed by atoms with Crippen LogP contribution in [0.1, 0.15) is 17.2 Å². The van der Waals surface area contributed by atoms with Crippen LogP contribution in [-0.2, 0) is 16.1 Å². The van der Waals surface area contributed by atoms with Gasteiger partial charge in [0.05, 0.1) is 25.9 Å². The summed E-state index contributed by atoms with van der Waals surface area (Å²) in [6, 6.07) is 0. The molecule has 14 heavy (non-hydrogen) atoms. The molecule has 6 nitrogen and oxygen atoms in total. The number of hydrogen-bond donors (Lipinski definition) is 1. The molecule has 1 aliphatic rings. The van der Waals surface area contributed by atoms with Crippen molar-refractivity contribution < 1.29 is 23.9 Å². The highest BCUT2D eigenvalue weighted by Crippen LogP contribution is 2.32. The van der Waals surface area contributed by atoms with E-state index in [0.717, 1.165) is 0 Å². The second kappa shape index (κ2) is 3.30. The van der Waals surface area contributed by atoms with Crippen LogP contribution in [0.15, 0.2) is 4.52 Å². The van der Waals surface area contributed by atoms with E-state index < -0.39 is 11.9 Å². The van der Waals surface area contributed by atoms with Crippen LogP contribution in [-0.4, -0.2) is 29.9 Å². The second-order valence-corrected chi connectivity index (χ2v) is 2.94. The van der Waals surface area contributed by atoms with Crippen LogP contribution in [0.4, 0.5) is 0 Å². The molecule has 1 unspecified atom stereocenters. The Morgan fingerprint density at radius 3 is 3.14 bits per heavy atom. The molecule has 2 heterocycles. The van der Waals surface area contributed by atoms with Crippen molar-refractivity contribution in [1.29, 1.82) is 0 Å². The first-order valence-electron chi connectivity index (χ1n) is 4.07. The molecule has 2 rings (SSSR count). The van der Waals surface area contributed by atoms with Crippen LogP contribution in [0, 0.1) is 0 Å². The molecule has 0 aliphatic carbocycles. The van der Waals surface area contributed by atoms with Crippen molar-refractivity contribution in [3.05, 3.63) is 11.3 Å². The number of carboxylic acids is 1. The van der Waals surface area contributed by atoms with E-state index in [1.54, 1.807) is 0 Å². The van der Waals surface area contributed by atoms with E-state index in [1.807, 2.05) is 0 Å². The highest BCUT2D eigenvalue weighted by Gasteiger charge is 2.33. The Labute approximate surface area is 79.4 Å². The van der Waals surface area contributed by atoms with Crippen molar-refractivity contribution in [1.82, 2.24) is 5.16 Å². The summed E-state index contributed by atoms with van der Waals surface area (Å²) in [5.74, 6) is -1.50. The molecule has 1 aromatic heterocycles. The van der Waals surface area contributed by atoms with Gasteiger partial charge in [0.1, 0.15) is 11.6 Å². The summed E-state index contributed by atoms with van der Waals surface area (Å²) >= 11 is 0. The van der Waals surface area contributed by atoms with Gasteiger partial charge in [-0.1, -0.05) is 5.16 Å². The fourth-order valence-corrected chi connectivity index (χ4v) is 1.42. The van der Waals surface area contributed by atoms with E-state index in [9.17, 15) is 4.79 Å². The summed E-state index contributed by atoms with van der Waals surface area (Å²) in [6.07, 6.45) is 0. The smallest absolute Gasteiger partial charge is 0.316 e. The summed E-state index contributed by atoms with van der Waals surface area (Å²) in [5, 5.41) is 12.5. The van der Waals surface area contributed by atoms with Gasteiger partial charge < -0.3 is 19.1 Å². The van der Waals surface area contributed by atoms with Crippen molar-refractivity contribution in [2.45, 2.75) is 12.5 Å². The number of aromatic nitrogens is 1. The minimum Gasteiger partial charge on any atom is -0.481 e. The minimum atomic E-state index is -0.970. The van der Waals surface area contributed by atoms with E-state index in [2.05, 4.69) is 5.16 Å². The van der Waals surface area contributed by atoms with Gasteiger partial charge in [0, 0.05) is 0 Å². The van der Waals surface area contributed by atoms with Gasteiger partial charge in [-0.2, -0.15) is 0 Å². The molecule has 1 aliphatic heterocycles. The summed E-state index contributed by atoms with van der Waals surface area (Å²) in [7, 11) is 1.44. The number of carbonyl (C=O) groups is 1. The summed E-state index contributed by atoms with van der Waals surface area (Å²) in [5.41, 5.74) is 0.992. The summed E-state index contributed by atoms with van der Waals surface area (Å²) < 4.78 is 14.8. The molecule has 0 saturated carbocycles. The zero-order valence-electron chi connectivity index (χ0n) is 7.52. The molecular formula is C8H9NO5. The lowest BCUT2D eigenvalue weighted by Crippen LogP contribution is -2.23. The lowest BCUT2D eigenvalue weighted by atomic mass is 10.0. The van der Waals surface area contributed by atoms with Crippen LogP contribution in [0.3, 0.4) is 0 Å². The fraction of sp³-hybridized carbons (Fsp3) is 0.500. The number of nitrogens with zero attached hydrogens (tertiary/aromatic N) is 1. The molecule has 76 valence electrons. The molecule has 1 aromatic rings. The van der Waals surface area contributed by atoms with Crippen molar-refractivity contribution in [3.8, 4) is 5.95 Å². The van der Waals surface area contributed by atoms with E-state index in [0.29, 0.717) is 11.3 Å². The maximum absolute atomic E-state index is 10.8. The molecule has 0 saturated heterocycles. The lowest BCUT2D eigenvalue weighted by Gasteiger charge is -2.16. The van der Waals surface area contributed by atoms with Crippen molar-refractivity contribution >= 4 is 5.97 Å². The zero-order valence-corrected chi connectivity index (χ0v) is 7.52. The Balaban J connectivity index is 2.40. The molecule has 0 amide bonds. The maximum atomic E-state index is 10.8. The van der Waals surface area contributed by atoms with Crippen LogP contribution in [0.2, 0.25) is 0 Å². The fourth-order valence-electron chi connectivity index (χ4n) is 1.42. The van der Waals surface area contributed by atoms with Gasteiger partial charge in [0.15, 0.2) is 0 Å². The van der Waals surface area contributed by atoms with Crippen molar-refractivity contribution in [2.24, 2.45) is 0 Å². The Morgan fingerprint density at radius 1 is 1.71 bits per heavy atom. The van der Waals surface area contributed by atoms with Crippen LogP contribution in [0.5, 0.6) is 5.95 Å². The number of fused-ring (bicyclic) bond motifs is 1. The van der Waals surface area contributed by atoms with E-state index in [-0.39, 0.29) is 19.2 Å². The minimum absolute atomic E-state index is 0.123. The van der Waals surface area contributed by atoms with Gasteiger partial charge in [-0.05, 0) is 0 Å². The third-order valence-electron chi connectivity index (χ3n) is 2.13. The second-order valence-electron chi connectivity index (χ2n) is 2.94. The first kappa shape index (κ1) is 9.01. The molecular weight excluding hydrogens is 190 g/mol. The van der Waals surface area contributed by atoms with E-state index >= 15 is 0 Å². The summed E-state index contributed by atoms with van der Waals surface area (Å²) in [4.78, 5) is 10.8. The van der Waals surface area contributed by atoms with Gasteiger partial charge in [-0.15, -0.1) is 0 Å². The number of ether oxygens (including phenoxy) is 2. The Hall–Kier alpha value is -1.56. The standard InChI is InChI=1S/C8H9NO5/c1-12-8-5-3-13-2-4(7(10)11)6(5)9-14-8/h4H,2-3H2,1H3,(H,10,11). The topological polar surface area (TPSA) is 81.8 Å². The number of carboxylic acid groups (broad SMARTS) is 1. The first-order valence-corrected chi connectivity index (χ1v) is 4.07.